The predicted octanol–water partition coefficient (Wildman–Crippen LogP) is 3.19. The lowest BCUT2D eigenvalue weighted by Gasteiger charge is -2.14. The minimum Gasteiger partial charge on any atom is -0.313 e. The van der Waals surface area contributed by atoms with Crippen LogP contribution in [0.15, 0.2) is 21.5 Å². The van der Waals surface area contributed by atoms with Gasteiger partial charge in [-0.25, -0.2) is 13.1 Å². The molecule has 0 saturated heterocycles. The molecule has 6 heteroatoms. The van der Waals surface area contributed by atoms with Gasteiger partial charge in [0.15, 0.2) is 0 Å². The third-order valence-corrected chi connectivity index (χ3v) is 6.23. The van der Waals surface area contributed by atoms with E-state index < -0.39 is 10.0 Å². The van der Waals surface area contributed by atoms with Crippen LogP contribution in [0.2, 0.25) is 0 Å². The smallest absolute Gasteiger partial charge is 0.241 e. The summed E-state index contributed by atoms with van der Waals surface area (Å²) < 4.78 is 28.3. The molecule has 0 heterocycles. The van der Waals surface area contributed by atoms with Gasteiger partial charge >= 0.3 is 0 Å². The number of aryl methyl sites for hydroxylation is 1. The Kier molecular flexibility index (Phi) is 7.33. The second kappa shape index (κ2) is 8.27. The Labute approximate surface area is 136 Å². The molecule has 0 aliphatic heterocycles. The zero-order chi connectivity index (χ0) is 16.0. The van der Waals surface area contributed by atoms with E-state index in [0.29, 0.717) is 28.4 Å². The Morgan fingerprint density at radius 2 is 1.95 bits per heavy atom. The van der Waals surface area contributed by atoms with E-state index in [2.05, 4.69) is 32.9 Å². The van der Waals surface area contributed by atoms with Gasteiger partial charge in [0, 0.05) is 17.6 Å². The van der Waals surface area contributed by atoms with Crippen LogP contribution < -0.4 is 10.0 Å². The number of sulfonamides is 1. The number of halogens is 1. The van der Waals surface area contributed by atoms with Crippen LogP contribution in [0.3, 0.4) is 0 Å². The van der Waals surface area contributed by atoms with Gasteiger partial charge < -0.3 is 5.32 Å². The molecule has 1 atom stereocenters. The van der Waals surface area contributed by atoms with E-state index in [4.69, 9.17) is 0 Å². The third kappa shape index (κ3) is 5.36. The summed E-state index contributed by atoms with van der Waals surface area (Å²) in [6, 6.07) is 3.74. The molecular formula is C15H25BrN2O2S. The highest BCUT2D eigenvalue weighted by Crippen LogP contribution is 2.27. The van der Waals surface area contributed by atoms with Gasteiger partial charge in [-0.15, -0.1) is 0 Å². The third-order valence-electron chi connectivity index (χ3n) is 3.47. The van der Waals surface area contributed by atoms with Crippen LogP contribution in [0.25, 0.3) is 0 Å². The maximum Gasteiger partial charge on any atom is 0.241 e. The molecule has 0 amide bonds. The summed E-state index contributed by atoms with van der Waals surface area (Å²) in [4.78, 5) is 0.318. The topological polar surface area (TPSA) is 58.2 Å². The van der Waals surface area contributed by atoms with Gasteiger partial charge in [-0.05, 0) is 52.5 Å². The molecule has 0 radical (unpaired) electrons. The summed E-state index contributed by atoms with van der Waals surface area (Å²) in [6.07, 6.45) is 0.948. The zero-order valence-corrected chi connectivity index (χ0v) is 15.6. The average Bonchev–Trinajstić information content (AvgIpc) is 2.45. The highest BCUT2D eigenvalue weighted by Gasteiger charge is 2.20. The molecule has 0 spiro atoms. The fourth-order valence-corrected chi connectivity index (χ4v) is 4.08. The summed E-state index contributed by atoms with van der Waals surface area (Å²) in [5.41, 5.74) is 1.90. The predicted molar refractivity (Wildman–Crippen MR) is 90.9 cm³/mol. The van der Waals surface area contributed by atoms with Gasteiger partial charge in [0.1, 0.15) is 0 Å². The van der Waals surface area contributed by atoms with E-state index in [-0.39, 0.29) is 0 Å². The Balaban J connectivity index is 3.06. The van der Waals surface area contributed by atoms with E-state index in [1.807, 2.05) is 26.8 Å². The number of hydrogen-bond donors (Lipinski definition) is 2. The summed E-state index contributed by atoms with van der Waals surface area (Å²) >= 11 is 3.40. The molecule has 0 fully saturated rings. The van der Waals surface area contributed by atoms with Crippen molar-refractivity contribution in [3.63, 3.8) is 0 Å². The first-order valence-corrected chi connectivity index (χ1v) is 9.58. The first kappa shape index (κ1) is 18.6. The molecule has 1 unspecified atom stereocenters. The normalized spacial score (nSPS) is 13.4. The van der Waals surface area contributed by atoms with Crippen molar-refractivity contribution >= 4 is 26.0 Å². The van der Waals surface area contributed by atoms with Gasteiger partial charge in [-0.2, -0.15) is 0 Å². The second-order valence-electron chi connectivity index (χ2n) is 5.37. The molecule has 21 heavy (non-hydrogen) atoms. The lowest BCUT2D eigenvalue weighted by Crippen LogP contribution is -2.29. The summed E-state index contributed by atoms with van der Waals surface area (Å²) in [5, 5.41) is 3.22. The molecule has 120 valence electrons. The fraction of sp³-hybridized carbons (Fsp3) is 0.600. The molecule has 1 rings (SSSR count). The van der Waals surface area contributed by atoms with E-state index in [9.17, 15) is 8.42 Å². The molecule has 0 saturated carbocycles. The Morgan fingerprint density at radius 1 is 1.29 bits per heavy atom. The number of nitrogens with one attached hydrogen (secondary N) is 2. The summed E-state index contributed by atoms with van der Waals surface area (Å²) in [6.45, 7) is 9.99. The SMILES string of the molecule is CCNCc1cc(C)c(Br)c(S(=O)(=O)NCC(C)CC)c1. The highest BCUT2D eigenvalue weighted by atomic mass is 79.9. The molecule has 2 N–H and O–H groups in total. The van der Waals surface area contributed by atoms with Crippen LogP contribution in [0.5, 0.6) is 0 Å². The molecule has 0 aromatic heterocycles. The fourth-order valence-electron chi connectivity index (χ4n) is 1.85. The van der Waals surface area contributed by atoms with E-state index in [1.54, 1.807) is 6.07 Å². The van der Waals surface area contributed by atoms with Crippen molar-refractivity contribution in [3.05, 3.63) is 27.7 Å². The van der Waals surface area contributed by atoms with Crippen molar-refractivity contribution in [2.24, 2.45) is 5.92 Å². The highest BCUT2D eigenvalue weighted by molar-refractivity contribution is 9.10. The van der Waals surface area contributed by atoms with Crippen molar-refractivity contribution in [1.82, 2.24) is 10.0 Å². The first-order chi connectivity index (χ1) is 9.81. The van der Waals surface area contributed by atoms with Crippen molar-refractivity contribution < 1.29 is 8.42 Å². The van der Waals surface area contributed by atoms with Crippen LogP contribution in [-0.2, 0) is 16.6 Å². The molecular weight excluding hydrogens is 352 g/mol. The molecule has 4 nitrogen and oxygen atoms in total. The van der Waals surface area contributed by atoms with Crippen molar-refractivity contribution in [3.8, 4) is 0 Å². The number of hydrogen-bond acceptors (Lipinski definition) is 3. The summed E-state index contributed by atoms with van der Waals surface area (Å²) in [7, 11) is -3.49. The maximum atomic E-state index is 12.5. The van der Waals surface area contributed by atoms with Crippen LogP contribution >= 0.6 is 15.9 Å². The van der Waals surface area contributed by atoms with Crippen LogP contribution in [0.1, 0.15) is 38.3 Å². The van der Waals surface area contributed by atoms with E-state index >= 15 is 0 Å². The standard InChI is InChI=1S/C15H25BrN2O2S/c1-5-11(3)9-18-21(19,20)14-8-13(10-17-6-2)7-12(4)15(14)16/h7-8,11,17-18H,5-6,9-10H2,1-4H3. The van der Waals surface area contributed by atoms with Crippen molar-refractivity contribution in [2.45, 2.75) is 45.6 Å². The second-order valence-corrected chi connectivity index (χ2v) is 7.90. The van der Waals surface area contributed by atoms with Gasteiger partial charge in [-0.3, -0.25) is 0 Å². The average molecular weight is 377 g/mol. The number of benzene rings is 1. The van der Waals surface area contributed by atoms with Crippen LogP contribution in [0.4, 0.5) is 0 Å². The van der Waals surface area contributed by atoms with Gasteiger partial charge in [0.2, 0.25) is 10.0 Å². The molecule has 0 aliphatic rings. The molecule has 1 aromatic carbocycles. The van der Waals surface area contributed by atoms with E-state index in [1.165, 1.54) is 0 Å². The molecule has 0 aliphatic carbocycles. The lowest BCUT2D eigenvalue weighted by molar-refractivity contribution is 0.528. The lowest BCUT2D eigenvalue weighted by atomic mass is 10.1. The van der Waals surface area contributed by atoms with Crippen molar-refractivity contribution in [1.29, 1.82) is 0 Å². The number of rotatable bonds is 8. The summed E-state index contributed by atoms with van der Waals surface area (Å²) in [5.74, 6) is 0.324. The monoisotopic (exact) mass is 376 g/mol. The Bertz CT molecular complexity index is 573. The van der Waals surface area contributed by atoms with Crippen molar-refractivity contribution in [2.75, 3.05) is 13.1 Å². The van der Waals surface area contributed by atoms with Gasteiger partial charge in [-0.1, -0.05) is 33.3 Å². The largest absolute Gasteiger partial charge is 0.313 e. The Hall–Kier alpha value is -0.430. The zero-order valence-electron chi connectivity index (χ0n) is 13.2. The van der Waals surface area contributed by atoms with E-state index in [0.717, 1.165) is 24.1 Å². The Morgan fingerprint density at radius 3 is 2.52 bits per heavy atom. The first-order valence-electron chi connectivity index (χ1n) is 7.31. The van der Waals surface area contributed by atoms with Gasteiger partial charge in [0.25, 0.3) is 0 Å². The quantitative estimate of drug-likeness (QED) is 0.732. The minimum atomic E-state index is -3.49. The van der Waals surface area contributed by atoms with Crippen LogP contribution in [-0.4, -0.2) is 21.5 Å². The molecule has 1 aromatic rings. The maximum absolute atomic E-state index is 12.5. The minimum absolute atomic E-state index is 0.318. The van der Waals surface area contributed by atoms with Crippen LogP contribution in [0, 0.1) is 12.8 Å². The van der Waals surface area contributed by atoms with Gasteiger partial charge in [0.05, 0.1) is 4.90 Å². The molecule has 0 bridgehead atoms.